The Morgan fingerprint density at radius 3 is 2.54 bits per heavy atom. The average Bonchev–Trinajstić information content (AvgIpc) is 2.56. The van der Waals surface area contributed by atoms with Gasteiger partial charge in [0.2, 0.25) is 11.8 Å². The minimum absolute atomic E-state index is 0.127. The van der Waals surface area contributed by atoms with Gasteiger partial charge in [-0.15, -0.1) is 0 Å². The first kappa shape index (κ1) is 15.5. The molecule has 0 aliphatic carbocycles. The zero-order valence-electron chi connectivity index (χ0n) is 12.6. The fourth-order valence-electron chi connectivity index (χ4n) is 2.33. The fourth-order valence-corrected chi connectivity index (χ4v) is 2.33. The first-order chi connectivity index (χ1) is 11.5. The van der Waals surface area contributed by atoms with Crippen molar-refractivity contribution < 1.29 is 19.1 Å². The Hall–Kier alpha value is -3.35. The molecule has 1 aliphatic rings. The summed E-state index contributed by atoms with van der Waals surface area (Å²) >= 11 is 0. The molecule has 7 nitrogen and oxygen atoms in total. The molecule has 1 unspecified atom stereocenters. The van der Waals surface area contributed by atoms with Crippen molar-refractivity contribution in [3.8, 4) is 5.75 Å². The van der Waals surface area contributed by atoms with Crippen LogP contribution >= 0.6 is 0 Å². The zero-order valence-corrected chi connectivity index (χ0v) is 12.6. The molecule has 0 spiro atoms. The van der Waals surface area contributed by atoms with Gasteiger partial charge in [0.1, 0.15) is 5.75 Å². The van der Waals surface area contributed by atoms with Crippen LogP contribution in [0.5, 0.6) is 5.75 Å². The number of ether oxygens (including phenoxy) is 1. The zero-order chi connectivity index (χ0) is 17.1. The van der Waals surface area contributed by atoms with Gasteiger partial charge in [-0.05, 0) is 36.4 Å². The van der Waals surface area contributed by atoms with Crippen molar-refractivity contribution in [1.82, 2.24) is 0 Å². The van der Waals surface area contributed by atoms with Crippen LogP contribution in [-0.2, 0) is 9.59 Å². The summed E-state index contributed by atoms with van der Waals surface area (Å²) in [7, 11) is 0. The van der Waals surface area contributed by atoms with Crippen molar-refractivity contribution in [1.29, 1.82) is 0 Å². The van der Waals surface area contributed by atoms with E-state index in [0.29, 0.717) is 22.7 Å². The summed E-state index contributed by atoms with van der Waals surface area (Å²) < 4.78 is 5.57. The van der Waals surface area contributed by atoms with Crippen LogP contribution in [0.3, 0.4) is 0 Å². The Bertz CT molecular complexity index is 802. The lowest BCUT2D eigenvalue weighted by Crippen LogP contribution is -2.39. The molecule has 4 N–H and O–H groups in total. The highest BCUT2D eigenvalue weighted by atomic mass is 16.5. The van der Waals surface area contributed by atoms with Crippen LogP contribution < -0.4 is 21.1 Å². The molecule has 122 valence electrons. The number of carbonyl (C=O) groups excluding carboxylic acids is 3. The minimum Gasteiger partial charge on any atom is -0.478 e. The smallest absolute Gasteiger partial charge is 0.266 e. The Morgan fingerprint density at radius 2 is 1.83 bits per heavy atom. The Morgan fingerprint density at radius 1 is 1.12 bits per heavy atom. The van der Waals surface area contributed by atoms with Gasteiger partial charge in [0.15, 0.2) is 6.10 Å². The van der Waals surface area contributed by atoms with E-state index in [1.165, 1.54) is 12.1 Å². The monoisotopic (exact) mass is 325 g/mol. The van der Waals surface area contributed by atoms with E-state index in [4.69, 9.17) is 10.5 Å². The molecule has 0 bridgehead atoms. The molecule has 7 heteroatoms. The second kappa shape index (κ2) is 6.41. The van der Waals surface area contributed by atoms with E-state index in [1.54, 1.807) is 36.4 Å². The Balaban J connectivity index is 1.63. The van der Waals surface area contributed by atoms with Crippen molar-refractivity contribution in [3.05, 3.63) is 54.1 Å². The molecule has 2 aromatic carbocycles. The molecular formula is C17H15N3O4. The largest absolute Gasteiger partial charge is 0.478 e. The number of nitrogens with two attached hydrogens (primary N) is 1. The molecule has 3 amide bonds. The quantitative estimate of drug-likeness (QED) is 0.791. The van der Waals surface area contributed by atoms with E-state index in [-0.39, 0.29) is 18.2 Å². The van der Waals surface area contributed by atoms with Crippen molar-refractivity contribution >= 4 is 29.1 Å². The summed E-state index contributed by atoms with van der Waals surface area (Å²) in [5, 5.41) is 5.35. The van der Waals surface area contributed by atoms with E-state index >= 15 is 0 Å². The highest BCUT2D eigenvalue weighted by molar-refractivity contribution is 6.02. The molecule has 1 atom stereocenters. The highest BCUT2D eigenvalue weighted by Gasteiger charge is 2.29. The van der Waals surface area contributed by atoms with Crippen LogP contribution in [0.25, 0.3) is 0 Å². The standard InChI is InChI=1S/C17H15N3O4/c18-16(22)10-5-7-11(8-6-10)19-15(21)9-14-17(23)20-12-3-1-2-4-13(12)24-14/h1-8,14H,9H2,(H2,18,22)(H,19,21)(H,20,23). The van der Waals surface area contributed by atoms with Crippen LogP contribution in [0.1, 0.15) is 16.8 Å². The topological polar surface area (TPSA) is 111 Å². The predicted molar refractivity (Wildman–Crippen MR) is 87.7 cm³/mol. The third-order valence-corrected chi connectivity index (χ3v) is 3.53. The highest BCUT2D eigenvalue weighted by Crippen LogP contribution is 2.29. The van der Waals surface area contributed by atoms with E-state index in [9.17, 15) is 14.4 Å². The molecule has 0 saturated heterocycles. The molecular weight excluding hydrogens is 310 g/mol. The van der Waals surface area contributed by atoms with E-state index in [0.717, 1.165) is 0 Å². The second-order valence-corrected chi connectivity index (χ2v) is 5.29. The van der Waals surface area contributed by atoms with Crippen LogP contribution in [-0.4, -0.2) is 23.8 Å². The van der Waals surface area contributed by atoms with E-state index in [1.807, 2.05) is 0 Å². The summed E-state index contributed by atoms with van der Waals surface area (Å²) in [6, 6.07) is 13.2. The molecule has 1 heterocycles. The maximum Gasteiger partial charge on any atom is 0.266 e. The lowest BCUT2D eigenvalue weighted by atomic mass is 10.1. The summed E-state index contributed by atoms with van der Waals surface area (Å²) in [4.78, 5) is 35.1. The third kappa shape index (κ3) is 3.35. The fraction of sp³-hybridized carbons (Fsp3) is 0.118. The van der Waals surface area contributed by atoms with Crippen LogP contribution in [0.15, 0.2) is 48.5 Å². The van der Waals surface area contributed by atoms with Crippen molar-refractivity contribution in [2.45, 2.75) is 12.5 Å². The summed E-state index contributed by atoms with van der Waals surface area (Å²) in [6.07, 6.45) is -1.03. The van der Waals surface area contributed by atoms with Gasteiger partial charge in [-0.25, -0.2) is 0 Å². The van der Waals surface area contributed by atoms with Crippen LogP contribution in [0, 0.1) is 0 Å². The lowest BCUT2D eigenvalue weighted by Gasteiger charge is -2.25. The Labute approximate surface area is 137 Å². The maximum atomic E-state index is 12.1. The van der Waals surface area contributed by atoms with Crippen molar-refractivity contribution in [2.24, 2.45) is 5.73 Å². The number of para-hydroxylation sites is 2. The molecule has 3 rings (SSSR count). The summed E-state index contributed by atoms with van der Waals surface area (Å²) in [6.45, 7) is 0. The second-order valence-electron chi connectivity index (χ2n) is 5.29. The van der Waals surface area contributed by atoms with Gasteiger partial charge in [0.25, 0.3) is 5.91 Å². The van der Waals surface area contributed by atoms with E-state index < -0.39 is 12.0 Å². The van der Waals surface area contributed by atoms with Gasteiger partial charge in [-0.1, -0.05) is 12.1 Å². The predicted octanol–water partition coefficient (Wildman–Crippen LogP) is 1.51. The number of fused-ring (bicyclic) bond motifs is 1. The molecule has 0 saturated carbocycles. The van der Waals surface area contributed by atoms with Crippen molar-refractivity contribution in [3.63, 3.8) is 0 Å². The van der Waals surface area contributed by atoms with Gasteiger partial charge in [-0.3, -0.25) is 14.4 Å². The number of hydrogen-bond acceptors (Lipinski definition) is 4. The number of hydrogen-bond donors (Lipinski definition) is 3. The average molecular weight is 325 g/mol. The first-order valence-electron chi connectivity index (χ1n) is 7.29. The molecule has 2 aromatic rings. The molecule has 1 aliphatic heterocycles. The molecule has 0 fully saturated rings. The lowest BCUT2D eigenvalue weighted by molar-refractivity contribution is -0.128. The van der Waals surface area contributed by atoms with Gasteiger partial charge < -0.3 is 21.1 Å². The van der Waals surface area contributed by atoms with Gasteiger partial charge in [-0.2, -0.15) is 0 Å². The van der Waals surface area contributed by atoms with E-state index in [2.05, 4.69) is 10.6 Å². The number of amides is 3. The van der Waals surface area contributed by atoms with Crippen molar-refractivity contribution in [2.75, 3.05) is 10.6 Å². The van der Waals surface area contributed by atoms with Crippen LogP contribution in [0.2, 0.25) is 0 Å². The summed E-state index contributed by atoms with van der Waals surface area (Å²) in [5.41, 5.74) is 6.59. The number of anilines is 2. The van der Waals surface area contributed by atoms with Crippen LogP contribution in [0.4, 0.5) is 11.4 Å². The normalized spacial score (nSPS) is 15.7. The van der Waals surface area contributed by atoms with Gasteiger partial charge >= 0.3 is 0 Å². The maximum absolute atomic E-state index is 12.1. The number of primary amides is 1. The Kier molecular flexibility index (Phi) is 4.15. The first-order valence-corrected chi connectivity index (χ1v) is 7.29. The number of carbonyl (C=O) groups is 3. The number of benzene rings is 2. The molecule has 0 radical (unpaired) electrons. The number of rotatable bonds is 4. The number of nitrogens with one attached hydrogen (secondary N) is 2. The minimum atomic E-state index is -0.898. The van der Waals surface area contributed by atoms with Gasteiger partial charge in [0, 0.05) is 11.3 Å². The summed E-state index contributed by atoms with van der Waals surface area (Å²) in [5.74, 6) is -0.756. The molecule has 24 heavy (non-hydrogen) atoms. The molecule has 0 aromatic heterocycles. The van der Waals surface area contributed by atoms with Gasteiger partial charge in [0.05, 0.1) is 12.1 Å². The SMILES string of the molecule is NC(=O)c1ccc(NC(=O)CC2Oc3ccccc3NC2=O)cc1. The third-order valence-electron chi connectivity index (χ3n) is 3.53.